The molecule has 0 spiro atoms. The van der Waals surface area contributed by atoms with E-state index in [0.29, 0.717) is 48.5 Å². The fourth-order valence-electron chi connectivity index (χ4n) is 4.22. The molecule has 5 rings (SSSR count). The summed E-state index contributed by atoms with van der Waals surface area (Å²) in [5, 5.41) is 0. The van der Waals surface area contributed by atoms with Gasteiger partial charge in [0.2, 0.25) is 15.9 Å². The van der Waals surface area contributed by atoms with Gasteiger partial charge in [-0.1, -0.05) is 60.2 Å². The maximum atomic E-state index is 13.3. The zero-order valence-electron chi connectivity index (χ0n) is 20.3. The van der Waals surface area contributed by atoms with Crippen LogP contribution in [0, 0.1) is 13.8 Å². The normalized spacial score (nSPS) is 14.6. The van der Waals surface area contributed by atoms with Crippen LogP contribution in [0.5, 0.6) is 11.6 Å². The Morgan fingerprint density at radius 3 is 2.06 bits per heavy atom. The molecule has 0 unspecified atom stereocenters. The summed E-state index contributed by atoms with van der Waals surface area (Å²) in [6.07, 6.45) is 0. The first kappa shape index (κ1) is 24.0. The lowest BCUT2D eigenvalue weighted by Gasteiger charge is -2.34. The van der Waals surface area contributed by atoms with Crippen LogP contribution in [0.2, 0.25) is 0 Å². The highest BCUT2D eigenvalue weighted by Crippen LogP contribution is 2.27. The zero-order valence-corrected chi connectivity index (χ0v) is 21.1. The van der Waals surface area contributed by atoms with E-state index in [-0.39, 0.29) is 0 Å². The lowest BCUT2D eigenvalue weighted by molar-refractivity contribution is 0.383. The smallest absolute Gasteiger partial charge is 0.243 e. The van der Waals surface area contributed by atoms with Gasteiger partial charge < -0.3 is 9.64 Å². The summed E-state index contributed by atoms with van der Waals surface area (Å²) in [6, 6.07) is 26.6. The fraction of sp³-hybridized carbons (Fsp3) is 0.214. The Bertz CT molecular complexity index is 1430. The van der Waals surface area contributed by atoms with Gasteiger partial charge in [0.05, 0.1) is 4.90 Å². The van der Waals surface area contributed by atoms with Gasteiger partial charge in [0, 0.05) is 32.2 Å². The second-order valence-corrected chi connectivity index (χ2v) is 10.7. The Kier molecular flexibility index (Phi) is 6.71. The van der Waals surface area contributed by atoms with Crippen molar-refractivity contribution in [2.24, 2.45) is 0 Å². The third-order valence-corrected chi connectivity index (χ3v) is 8.12. The zero-order chi connectivity index (χ0) is 25.1. The summed E-state index contributed by atoms with van der Waals surface area (Å²) in [5.41, 5.74) is 3.20. The first-order chi connectivity index (χ1) is 17.4. The van der Waals surface area contributed by atoms with Crippen molar-refractivity contribution in [2.75, 3.05) is 31.1 Å². The molecule has 4 aromatic rings. The van der Waals surface area contributed by atoms with Gasteiger partial charge in [-0.2, -0.15) is 9.29 Å². The molecule has 0 N–H and O–H groups in total. The van der Waals surface area contributed by atoms with Gasteiger partial charge in [-0.25, -0.2) is 13.4 Å². The maximum absolute atomic E-state index is 13.3. The number of hydrogen-bond donors (Lipinski definition) is 0. The Labute approximate surface area is 212 Å². The van der Waals surface area contributed by atoms with Crippen LogP contribution >= 0.6 is 0 Å². The SMILES string of the molecule is Cc1ccc(Oc2cc(N3CCN(S(=O)(=O)c4ccc(-c5ccccc5)cc4)CC3)nc(C)n2)cc1. The molecule has 0 atom stereocenters. The lowest BCUT2D eigenvalue weighted by atomic mass is 10.1. The molecule has 0 aliphatic carbocycles. The monoisotopic (exact) mass is 500 g/mol. The number of rotatable bonds is 6. The molecule has 2 heterocycles. The molecule has 0 bridgehead atoms. The second-order valence-electron chi connectivity index (χ2n) is 8.81. The maximum Gasteiger partial charge on any atom is 0.243 e. The molecule has 1 aliphatic heterocycles. The molecule has 3 aromatic carbocycles. The standard InChI is InChI=1S/C28H28N4O3S/c1-21-8-12-25(13-9-21)35-28-20-27(29-22(2)30-28)31-16-18-32(19-17-31)36(33,34)26-14-10-24(11-15-26)23-6-4-3-5-7-23/h3-15,20H,16-19H2,1-2H3. The van der Waals surface area contributed by atoms with E-state index >= 15 is 0 Å². The molecule has 0 saturated carbocycles. The number of ether oxygens (including phenoxy) is 1. The second kappa shape index (κ2) is 10.1. The van der Waals surface area contributed by atoms with Crippen molar-refractivity contribution in [3.05, 3.63) is 96.3 Å². The van der Waals surface area contributed by atoms with E-state index in [1.54, 1.807) is 22.5 Å². The van der Waals surface area contributed by atoms with Crippen molar-refractivity contribution in [3.8, 4) is 22.8 Å². The number of sulfonamides is 1. The minimum Gasteiger partial charge on any atom is -0.439 e. The summed E-state index contributed by atoms with van der Waals surface area (Å²) in [7, 11) is -3.58. The Hall–Kier alpha value is -3.75. The van der Waals surface area contributed by atoms with Gasteiger partial charge >= 0.3 is 0 Å². The molecule has 184 valence electrons. The van der Waals surface area contributed by atoms with E-state index in [1.807, 2.05) is 80.6 Å². The van der Waals surface area contributed by atoms with E-state index in [2.05, 4.69) is 14.9 Å². The molecule has 1 fully saturated rings. The highest BCUT2D eigenvalue weighted by atomic mass is 32.2. The van der Waals surface area contributed by atoms with Gasteiger partial charge in [0.1, 0.15) is 17.4 Å². The molecule has 1 saturated heterocycles. The average molecular weight is 501 g/mol. The summed E-state index contributed by atoms with van der Waals surface area (Å²) in [4.78, 5) is 11.3. The predicted molar refractivity (Wildman–Crippen MR) is 141 cm³/mol. The predicted octanol–water partition coefficient (Wildman–Crippen LogP) is 5.06. The molecule has 1 aliphatic rings. The van der Waals surface area contributed by atoms with Gasteiger partial charge in [-0.15, -0.1) is 0 Å². The number of hydrogen-bond acceptors (Lipinski definition) is 6. The van der Waals surface area contributed by atoms with E-state index < -0.39 is 10.0 Å². The van der Waals surface area contributed by atoms with Crippen LogP contribution < -0.4 is 9.64 Å². The van der Waals surface area contributed by atoms with Crippen LogP contribution in [0.15, 0.2) is 89.8 Å². The van der Waals surface area contributed by atoms with Crippen LogP contribution in [0.1, 0.15) is 11.4 Å². The third kappa shape index (κ3) is 5.24. The quantitative estimate of drug-likeness (QED) is 0.368. The van der Waals surface area contributed by atoms with Crippen LogP contribution in [0.3, 0.4) is 0 Å². The molecule has 7 nitrogen and oxygen atoms in total. The molecule has 36 heavy (non-hydrogen) atoms. The van der Waals surface area contributed by atoms with Gasteiger partial charge in [-0.3, -0.25) is 0 Å². The van der Waals surface area contributed by atoms with Crippen LogP contribution in [-0.2, 0) is 10.0 Å². The first-order valence-corrected chi connectivity index (χ1v) is 13.3. The number of aryl methyl sites for hydroxylation is 2. The van der Waals surface area contributed by atoms with Crippen molar-refractivity contribution in [1.29, 1.82) is 0 Å². The molecular weight excluding hydrogens is 472 g/mol. The average Bonchev–Trinajstić information content (AvgIpc) is 2.90. The highest BCUT2D eigenvalue weighted by molar-refractivity contribution is 7.89. The van der Waals surface area contributed by atoms with Crippen molar-refractivity contribution < 1.29 is 13.2 Å². The van der Waals surface area contributed by atoms with E-state index in [4.69, 9.17) is 4.74 Å². The Balaban J connectivity index is 1.26. The topological polar surface area (TPSA) is 75.6 Å². The molecule has 8 heteroatoms. The summed E-state index contributed by atoms with van der Waals surface area (Å²) in [5.74, 6) is 2.51. The number of piperazine rings is 1. The lowest BCUT2D eigenvalue weighted by Crippen LogP contribution is -2.49. The van der Waals surface area contributed by atoms with E-state index in [1.165, 1.54) is 0 Å². The molecule has 1 aromatic heterocycles. The molecule has 0 amide bonds. The minimum atomic E-state index is -3.58. The number of benzene rings is 3. The largest absolute Gasteiger partial charge is 0.439 e. The van der Waals surface area contributed by atoms with E-state index in [9.17, 15) is 8.42 Å². The van der Waals surface area contributed by atoms with Crippen molar-refractivity contribution in [2.45, 2.75) is 18.7 Å². The van der Waals surface area contributed by atoms with Gasteiger partial charge in [-0.05, 0) is 49.2 Å². The van der Waals surface area contributed by atoms with Crippen molar-refractivity contribution in [1.82, 2.24) is 14.3 Å². The van der Waals surface area contributed by atoms with Crippen LogP contribution in [0.4, 0.5) is 5.82 Å². The third-order valence-electron chi connectivity index (χ3n) is 6.21. The summed E-state index contributed by atoms with van der Waals surface area (Å²) in [6.45, 7) is 5.66. The fourth-order valence-corrected chi connectivity index (χ4v) is 5.65. The van der Waals surface area contributed by atoms with Crippen LogP contribution in [-0.4, -0.2) is 48.9 Å². The Morgan fingerprint density at radius 2 is 1.39 bits per heavy atom. The highest BCUT2D eigenvalue weighted by Gasteiger charge is 2.29. The van der Waals surface area contributed by atoms with Gasteiger partial charge in [0.25, 0.3) is 0 Å². The van der Waals surface area contributed by atoms with Gasteiger partial charge in [0.15, 0.2) is 0 Å². The molecular formula is C28H28N4O3S. The first-order valence-electron chi connectivity index (χ1n) is 11.9. The van der Waals surface area contributed by atoms with E-state index in [0.717, 1.165) is 22.5 Å². The van der Waals surface area contributed by atoms with Crippen molar-refractivity contribution in [3.63, 3.8) is 0 Å². The Morgan fingerprint density at radius 1 is 0.750 bits per heavy atom. The number of nitrogens with zero attached hydrogens (tertiary/aromatic N) is 4. The number of anilines is 1. The van der Waals surface area contributed by atoms with Crippen molar-refractivity contribution >= 4 is 15.8 Å². The molecule has 0 radical (unpaired) electrons. The van der Waals surface area contributed by atoms with Crippen LogP contribution in [0.25, 0.3) is 11.1 Å². The minimum absolute atomic E-state index is 0.308. The summed E-state index contributed by atoms with van der Waals surface area (Å²) >= 11 is 0. The summed E-state index contributed by atoms with van der Waals surface area (Å²) < 4.78 is 34.0. The number of aromatic nitrogens is 2.